The molecule has 0 aromatic heterocycles. The predicted octanol–water partition coefficient (Wildman–Crippen LogP) is 2.96. The number of nitrogens with one attached hydrogen (secondary N) is 1. The molecule has 1 aromatic rings. The fourth-order valence-corrected chi connectivity index (χ4v) is 2.29. The first-order chi connectivity index (χ1) is 9.15. The molecule has 1 aliphatic rings. The zero-order valence-electron chi connectivity index (χ0n) is 10.7. The van der Waals surface area contributed by atoms with Gasteiger partial charge in [0.15, 0.2) is 11.6 Å². The van der Waals surface area contributed by atoms with E-state index < -0.39 is 6.09 Å². The molecular formula is C14H18FNO3. The van der Waals surface area contributed by atoms with Gasteiger partial charge >= 0.3 is 6.09 Å². The average Bonchev–Trinajstić information content (AvgIpc) is 2.85. The summed E-state index contributed by atoms with van der Waals surface area (Å²) in [4.78, 5) is 10.3. The smallest absolute Gasteiger partial charge is 0.404 e. The molecule has 1 saturated carbocycles. The van der Waals surface area contributed by atoms with E-state index in [4.69, 9.17) is 9.84 Å². The second-order valence-corrected chi connectivity index (χ2v) is 4.77. The highest BCUT2D eigenvalue weighted by atomic mass is 19.1. The Labute approximate surface area is 111 Å². The van der Waals surface area contributed by atoms with Crippen LogP contribution in [0.1, 0.15) is 31.2 Å². The summed E-state index contributed by atoms with van der Waals surface area (Å²) in [6.07, 6.45) is 3.80. The number of rotatable bonds is 5. The van der Waals surface area contributed by atoms with E-state index >= 15 is 0 Å². The zero-order chi connectivity index (χ0) is 13.7. The molecule has 0 aliphatic heterocycles. The molecule has 1 amide bonds. The molecule has 0 spiro atoms. The fraction of sp³-hybridized carbons (Fsp3) is 0.500. The van der Waals surface area contributed by atoms with Gasteiger partial charge in [-0.2, -0.15) is 0 Å². The van der Waals surface area contributed by atoms with Crippen molar-refractivity contribution in [2.75, 3.05) is 6.54 Å². The van der Waals surface area contributed by atoms with Crippen molar-refractivity contribution in [1.82, 2.24) is 5.32 Å². The molecule has 2 rings (SSSR count). The molecular weight excluding hydrogens is 249 g/mol. The summed E-state index contributed by atoms with van der Waals surface area (Å²) < 4.78 is 19.3. The molecule has 1 aliphatic carbocycles. The molecule has 0 radical (unpaired) electrons. The lowest BCUT2D eigenvalue weighted by molar-refractivity contribution is 0.194. The maximum Gasteiger partial charge on any atom is 0.404 e. The van der Waals surface area contributed by atoms with Gasteiger partial charge in [-0.3, -0.25) is 0 Å². The molecule has 104 valence electrons. The molecule has 4 nitrogen and oxygen atoms in total. The van der Waals surface area contributed by atoms with Crippen molar-refractivity contribution in [3.63, 3.8) is 0 Å². The maximum absolute atomic E-state index is 13.6. The number of carboxylic acid groups (broad SMARTS) is 1. The first kappa shape index (κ1) is 13.6. The van der Waals surface area contributed by atoms with Crippen LogP contribution in [-0.4, -0.2) is 23.8 Å². The monoisotopic (exact) mass is 267 g/mol. The van der Waals surface area contributed by atoms with Gasteiger partial charge in [0.2, 0.25) is 0 Å². The second-order valence-electron chi connectivity index (χ2n) is 4.77. The highest BCUT2D eigenvalue weighted by Gasteiger charge is 2.18. The van der Waals surface area contributed by atoms with Crippen LogP contribution in [0.15, 0.2) is 18.2 Å². The van der Waals surface area contributed by atoms with Gasteiger partial charge in [-0.05, 0) is 49.8 Å². The molecule has 0 atom stereocenters. The predicted molar refractivity (Wildman–Crippen MR) is 69.0 cm³/mol. The van der Waals surface area contributed by atoms with E-state index in [1.54, 1.807) is 12.1 Å². The Morgan fingerprint density at radius 3 is 2.84 bits per heavy atom. The summed E-state index contributed by atoms with van der Waals surface area (Å²) >= 11 is 0. The van der Waals surface area contributed by atoms with Crippen LogP contribution >= 0.6 is 0 Å². The molecule has 0 bridgehead atoms. The van der Waals surface area contributed by atoms with Crippen molar-refractivity contribution >= 4 is 6.09 Å². The minimum absolute atomic E-state index is 0.113. The lowest BCUT2D eigenvalue weighted by atomic mass is 10.1. The van der Waals surface area contributed by atoms with Gasteiger partial charge in [0.1, 0.15) is 0 Å². The SMILES string of the molecule is O=C(O)NCCc1ccc(F)c(OC2CCCC2)c1. The average molecular weight is 267 g/mol. The lowest BCUT2D eigenvalue weighted by Gasteiger charge is -2.14. The van der Waals surface area contributed by atoms with Gasteiger partial charge in [0.05, 0.1) is 6.10 Å². The Morgan fingerprint density at radius 2 is 2.16 bits per heavy atom. The van der Waals surface area contributed by atoms with Gasteiger partial charge in [0, 0.05) is 6.54 Å². The van der Waals surface area contributed by atoms with Crippen molar-refractivity contribution in [3.8, 4) is 5.75 Å². The van der Waals surface area contributed by atoms with Gasteiger partial charge in [-0.25, -0.2) is 9.18 Å². The molecule has 0 unspecified atom stereocenters. The van der Waals surface area contributed by atoms with Gasteiger partial charge in [-0.15, -0.1) is 0 Å². The van der Waals surface area contributed by atoms with Crippen LogP contribution < -0.4 is 10.1 Å². The summed E-state index contributed by atoms with van der Waals surface area (Å²) in [7, 11) is 0. The topological polar surface area (TPSA) is 58.6 Å². The Hall–Kier alpha value is -1.78. The van der Waals surface area contributed by atoms with Crippen molar-refractivity contribution in [2.45, 2.75) is 38.2 Å². The normalized spacial score (nSPS) is 15.4. The van der Waals surface area contributed by atoms with Crippen LogP contribution in [-0.2, 0) is 6.42 Å². The first-order valence-corrected chi connectivity index (χ1v) is 6.57. The summed E-state index contributed by atoms with van der Waals surface area (Å²) in [5.74, 6) is -0.0819. The van der Waals surface area contributed by atoms with Crippen molar-refractivity contribution < 1.29 is 19.0 Å². The minimum atomic E-state index is -1.05. The molecule has 5 heteroatoms. The first-order valence-electron chi connectivity index (χ1n) is 6.57. The van der Waals surface area contributed by atoms with E-state index in [9.17, 15) is 9.18 Å². The number of halogens is 1. The Morgan fingerprint density at radius 1 is 1.42 bits per heavy atom. The van der Waals surface area contributed by atoms with Crippen LogP contribution in [0, 0.1) is 5.82 Å². The quantitative estimate of drug-likeness (QED) is 0.862. The van der Waals surface area contributed by atoms with Gasteiger partial charge in [0.25, 0.3) is 0 Å². The number of ether oxygens (including phenoxy) is 1. The molecule has 1 aromatic carbocycles. The number of benzene rings is 1. The van der Waals surface area contributed by atoms with Crippen LogP contribution in [0.3, 0.4) is 0 Å². The summed E-state index contributed by atoms with van der Waals surface area (Å²) in [6.45, 7) is 0.309. The van der Waals surface area contributed by atoms with Crippen molar-refractivity contribution in [2.24, 2.45) is 0 Å². The number of carbonyl (C=O) groups is 1. The Kier molecular flexibility index (Phi) is 4.60. The van der Waals surface area contributed by atoms with E-state index in [2.05, 4.69) is 5.32 Å². The van der Waals surface area contributed by atoms with Crippen LogP contribution in [0.2, 0.25) is 0 Å². The number of hydrogen-bond acceptors (Lipinski definition) is 2. The van der Waals surface area contributed by atoms with Crippen molar-refractivity contribution in [3.05, 3.63) is 29.6 Å². The van der Waals surface area contributed by atoms with Crippen LogP contribution in [0.4, 0.5) is 9.18 Å². The van der Waals surface area contributed by atoms with Gasteiger partial charge in [-0.1, -0.05) is 6.07 Å². The third-order valence-corrected chi connectivity index (χ3v) is 3.28. The molecule has 19 heavy (non-hydrogen) atoms. The molecule has 0 heterocycles. The van der Waals surface area contributed by atoms with E-state index in [0.29, 0.717) is 13.0 Å². The van der Waals surface area contributed by atoms with E-state index in [0.717, 1.165) is 31.2 Å². The molecule has 0 saturated heterocycles. The highest BCUT2D eigenvalue weighted by molar-refractivity contribution is 5.64. The van der Waals surface area contributed by atoms with Crippen molar-refractivity contribution in [1.29, 1.82) is 0 Å². The number of hydrogen-bond donors (Lipinski definition) is 2. The fourth-order valence-electron chi connectivity index (χ4n) is 2.29. The Balaban J connectivity index is 1.95. The van der Waals surface area contributed by atoms with Crippen LogP contribution in [0.25, 0.3) is 0 Å². The second kappa shape index (κ2) is 6.41. The third-order valence-electron chi connectivity index (χ3n) is 3.28. The third kappa shape index (κ3) is 4.12. The lowest BCUT2D eigenvalue weighted by Crippen LogP contribution is -2.23. The Bertz CT molecular complexity index is 444. The standard InChI is InChI=1S/C14H18FNO3/c15-12-6-5-10(7-8-16-14(17)18)9-13(12)19-11-3-1-2-4-11/h5-6,9,11,16H,1-4,7-8H2,(H,17,18). The summed E-state index contributed by atoms with van der Waals surface area (Å²) in [6, 6.07) is 4.69. The highest BCUT2D eigenvalue weighted by Crippen LogP contribution is 2.26. The molecule has 2 N–H and O–H groups in total. The zero-order valence-corrected chi connectivity index (χ0v) is 10.7. The van der Waals surface area contributed by atoms with E-state index in [-0.39, 0.29) is 17.7 Å². The van der Waals surface area contributed by atoms with E-state index in [1.807, 2.05) is 0 Å². The largest absolute Gasteiger partial charge is 0.487 e. The van der Waals surface area contributed by atoms with Gasteiger partial charge < -0.3 is 15.2 Å². The summed E-state index contributed by atoms with van der Waals surface area (Å²) in [5.41, 5.74) is 0.864. The number of amides is 1. The minimum Gasteiger partial charge on any atom is -0.487 e. The van der Waals surface area contributed by atoms with Crippen LogP contribution in [0.5, 0.6) is 5.75 Å². The molecule has 1 fully saturated rings. The maximum atomic E-state index is 13.6. The summed E-state index contributed by atoms with van der Waals surface area (Å²) in [5, 5.41) is 10.8. The van der Waals surface area contributed by atoms with E-state index in [1.165, 1.54) is 6.07 Å².